The average Bonchev–Trinajstić information content (AvgIpc) is 2.79. The van der Waals surface area contributed by atoms with E-state index in [4.69, 9.17) is 5.11 Å². The van der Waals surface area contributed by atoms with Crippen molar-refractivity contribution in [3.05, 3.63) is 18.5 Å². The van der Waals surface area contributed by atoms with Crippen molar-refractivity contribution >= 4 is 5.97 Å². The number of carbonyl (C=O) groups is 1. The molecule has 0 aliphatic heterocycles. The van der Waals surface area contributed by atoms with Crippen LogP contribution < -0.4 is 5.32 Å². The van der Waals surface area contributed by atoms with E-state index in [9.17, 15) is 4.79 Å². The summed E-state index contributed by atoms with van der Waals surface area (Å²) in [5, 5.41) is 16.0. The molecule has 1 heterocycles. The Morgan fingerprint density at radius 3 is 2.94 bits per heavy atom. The highest BCUT2D eigenvalue weighted by molar-refractivity contribution is 5.66. The van der Waals surface area contributed by atoms with Gasteiger partial charge in [-0.25, -0.2) is 0 Å². The molecule has 0 radical (unpaired) electrons. The molecule has 1 rings (SSSR count). The van der Waals surface area contributed by atoms with E-state index in [-0.39, 0.29) is 6.42 Å². The second kappa shape index (κ2) is 7.84. The fourth-order valence-electron chi connectivity index (χ4n) is 1.61. The van der Waals surface area contributed by atoms with Gasteiger partial charge in [0.25, 0.3) is 0 Å². The van der Waals surface area contributed by atoms with Gasteiger partial charge in [0.2, 0.25) is 0 Å². The highest BCUT2D eigenvalue weighted by Crippen LogP contribution is 2.08. The Morgan fingerprint density at radius 1 is 1.47 bits per heavy atom. The van der Waals surface area contributed by atoms with E-state index in [0.717, 1.165) is 32.5 Å². The van der Waals surface area contributed by atoms with Crippen LogP contribution in [0.1, 0.15) is 26.2 Å². The number of nitrogens with one attached hydrogen (secondary N) is 1. The van der Waals surface area contributed by atoms with Crippen molar-refractivity contribution in [2.75, 3.05) is 13.1 Å². The highest BCUT2D eigenvalue weighted by Gasteiger charge is 2.04. The summed E-state index contributed by atoms with van der Waals surface area (Å²) in [4.78, 5) is 10.4. The standard InChI is InChI=1S/C12H21N3O2/c1-11(3-4-12(16)17)5-7-13-8-10-15-9-2-6-14-15/h2,6,9,11,13H,3-5,7-8,10H2,1H3,(H,16,17). The van der Waals surface area contributed by atoms with Gasteiger partial charge < -0.3 is 10.4 Å². The van der Waals surface area contributed by atoms with Gasteiger partial charge in [0.05, 0.1) is 6.54 Å². The van der Waals surface area contributed by atoms with Crippen LogP contribution in [0, 0.1) is 5.92 Å². The van der Waals surface area contributed by atoms with Gasteiger partial charge in [-0.2, -0.15) is 5.10 Å². The Hall–Kier alpha value is -1.36. The molecule has 96 valence electrons. The van der Waals surface area contributed by atoms with Crippen molar-refractivity contribution in [2.24, 2.45) is 5.92 Å². The first-order valence-corrected chi connectivity index (χ1v) is 6.08. The number of aromatic nitrogens is 2. The summed E-state index contributed by atoms with van der Waals surface area (Å²) < 4.78 is 1.89. The van der Waals surface area contributed by atoms with Crippen LogP contribution >= 0.6 is 0 Å². The van der Waals surface area contributed by atoms with Crippen molar-refractivity contribution < 1.29 is 9.90 Å². The second-order valence-electron chi connectivity index (χ2n) is 4.35. The third-order valence-electron chi connectivity index (χ3n) is 2.74. The van der Waals surface area contributed by atoms with Gasteiger partial charge >= 0.3 is 5.97 Å². The summed E-state index contributed by atoms with van der Waals surface area (Å²) in [6, 6.07) is 1.91. The first-order chi connectivity index (χ1) is 8.18. The van der Waals surface area contributed by atoms with Crippen LogP contribution in [0.2, 0.25) is 0 Å². The monoisotopic (exact) mass is 239 g/mol. The Balaban J connectivity index is 1.94. The van der Waals surface area contributed by atoms with Crippen molar-refractivity contribution in [2.45, 2.75) is 32.7 Å². The molecular weight excluding hydrogens is 218 g/mol. The maximum atomic E-state index is 10.4. The molecule has 0 aromatic carbocycles. The lowest BCUT2D eigenvalue weighted by Crippen LogP contribution is -2.22. The van der Waals surface area contributed by atoms with E-state index in [1.165, 1.54) is 0 Å². The van der Waals surface area contributed by atoms with Crippen molar-refractivity contribution in [1.82, 2.24) is 15.1 Å². The lowest BCUT2D eigenvalue weighted by Gasteiger charge is -2.10. The SMILES string of the molecule is CC(CCNCCn1cccn1)CCC(=O)O. The van der Waals surface area contributed by atoms with Crippen molar-refractivity contribution in [3.63, 3.8) is 0 Å². The predicted molar refractivity (Wildman–Crippen MR) is 65.7 cm³/mol. The fraction of sp³-hybridized carbons (Fsp3) is 0.667. The lowest BCUT2D eigenvalue weighted by atomic mass is 10.0. The van der Waals surface area contributed by atoms with E-state index in [0.29, 0.717) is 5.92 Å². The van der Waals surface area contributed by atoms with Gasteiger partial charge in [-0.3, -0.25) is 9.48 Å². The lowest BCUT2D eigenvalue weighted by molar-refractivity contribution is -0.137. The minimum atomic E-state index is -0.705. The molecule has 1 unspecified atom stereocenters. The average molecular weight is 239 g/mol. The van der Waals surface area contributed by atoms with Crippen LogP contribution in [0.3, 0.4) is 0 Å². The number of hydrogen-bond donors (Lipinski definition) is 2. The summed E-state index contributed by atoms with van der Waals surface area (Å²) >= 11 is 0. The zero-order chi connectivity index (χ0) is 12.5. The maximum absolute atomic E-state index is 10.4. The molecule has 1 aromatic heterocycles. The maximum Gasteiger partial charge on any atom is 0.303 e. The van der Waals surface area contributed by atoms with Crippen molar-refractivity contribution in [1.29, 1.82) is 0 Å². The summed E-state index contributed by atoms with van der Waals surface area (Å²) in [6.07, 6.45) is 5.77. The summed E-state index contributed by atoms with van der Waals surface area (Å²) in [5.41, 5.74) is 0. The largest absolute Gasteiger partial charge is 0.481 e. The minimum absolute atomic E-state index is 0.272. The van der Waals surface area contributed by atoms with Gasteiger partial charge in [0.15, 0.2) is 0 Å². The topological polar surface area (TPSA) is 67.2 Å². The quantitative estimate of drug-likeness (QED) is 0.639. The van der Waals surface area contributed by atoms with Gasteiger partial charge in [-0.15, -0.1) is 0 Å². The molecule has 5 heteroatoms. The van der Waals surface area contributed by atoms with Crippen LogP contribution in [0.4, 0.5) is 0 Å². The first kappa shape index (κ1) is 13.7. The first-order valence-electron chi connectivity index (χ1n) is 6.08. The molecule has 0 saturated carbocycles. The molecule has 0 aliphatic carbocycles. The van der Waals surface area contributed by atoms with E-state index in [1.807, 2.05) is 16.9 Å². The molecule has 2 N–H and O–H groups in total. The molecule has 0 aliphatic rings. The number of carboxylic acids is 1. The smallest absolute Gasteiger partial charge is 0.303 e. The Morgan fingerprint density at radius 2 is 2.29 bits per heavy atom. The van der Waals surface area contributed by atoms with Crippen LogP contribution in [0.15, 0.2) is 18.5 Å². The van der Waals surface area contributed by atoms with Crippen LogP contribution in [0.5, 0.6) is 0 Å². The molecular formula is C12H21N3O2. The van der Waals surface area contributed by atoms with Gasteiger partial charge in [-0.05, 0) is 31.4 Å². The molecule has 0 amide bonds. The van der Waals surface area contributed by atoms with Crippen molar-refractivity contribution in [3.8, 4) is 0 Å². The highest BCUT2D eigenvalue weighted by atomic mass is 16.4. The number of rotatable bonds is 9. The number of nitrogens with zero attached hydrogens (tertiary/aromatic N) is 2. The molecule has 0 saturated heterocycles. The van der Waals surface area contributed by atoms with Crippen LogP contribution in [0.25, 0.3) is 0 Å². The summed E-state index contributed by atoms with van der Waals surface area (Å²) in [7, 11) is 0. The second-order valence-corrected chi connectivity index (χ2v) is 4.35. The molecule has 5 nitrogen and oxygen atoms in total. The van der Waals surface area contributed by atoms with E-state index < -0.39 is 5.97 Å². The number of hydrogen-bond acceptors (Lipinski definition) is 3. The fourth-order valence-corrected chi connectivity index (χ4v) is 1.61. The Kier molecular flexibility index (Phi) is 6.32. The zero-order valence-electron chi connectivity index (χ0n) is 10.3. The summed E-state index contributed by atoms with van der Waals surface area (Å²) in [6.45, 7) is 4.80. The van der Waals surface area contributed by atoms with E-state index in [2.05, 4.69) is 17.3 Å². The van der Waals surface area contributed by atoms with Crippen LogP contribution in [-0.4, -0.2) is 33.9 Å². The van der Waals surface area contributed by atoms with Gasteiger partial charge in [0.1, 0.15) is 0 Å². The Labute approximate surface area is 102 Å². The molecule has 0 spiro atoms. The van der Waals surface area contributed by atoms with E-state index >= 15 is 0 Å². The molecule has 17 heavy (non-hydrogen) atoms. The normalized spacial score (nSPS) is 12.5. The molecule has 1 aromatic rings. The summed E-state index contributed by atoms with van der Waals surface area (Å²) in [5.74, 6) is -0.244. The van der Waals surface area contributed by atoms with Gasteiger partial charge in [0, 0.05) is 25.4 Å². The molecule has 1 atom stereocenters. The molecule has 0 fully saturated rings. The minimum Gasteiger partial charge on any atom is -0.481 e. The number of aliphatic carboxylic acids is 1. The third-order valence-corrected chi connectivity index (χ3v) is 2.74. The number of carboxylic acid groups (broad SMARTS) is 1. The molecule has 0 bridgehead atoms. The third kappa shape index (κ3) is 6.73. The van der Waals surface area contributed by atoms with Crippen LogP contribution in [-0.2, 0) is 11.3 Å². The van der Waals surface area contributed by atoms with E-state index in [1.54, 1.807) is 6.20 Å². The predicted octanol–water partition coefficient (Wildman–Crippen LogP) is 1.36. The zero-order valence-corrected chi connectivity index (χ0v) is 10.3. The van der Waals surface area contributed by atoms with Gasteiger partial charge in [-0.1, -0.05) is 6.92 Å². The Bertz CT molecular complexity index is 312.